The minimum absolute atomic E-state index is 0.143. The van der Waals surface area contributed by atoms with Gasteiger partial charge in [-0.05, 0) is 42.7 Å². The van der Waals surface area contributed by atoms with Crippen molar-refractivity contribution in [2.75, 3.05) is 12.4 Å². The molecule has 9 nitrogen and oxygen atoms in total. The normalized spacial score (nSPS) is 11.5. The van der Waals surface area contributed by atoms with Gasteiger partial charge in [0.15, 0.2) is 0 Å². The molecule has 0 saturated carbocycles. The number of para-hydroxylation sites is 1. The minimum Gasteiger partial charge on any atom is -0.496 e. The van der Waals surface area contributed by atoms with Crippen LogP contribution in [0.4, 0.5) is 5.69 Å². The number of aromatic nitrogens is 4. The molecule has 0 aliphatic rings. The van der Waals surface area contributed by atoms with E-state index >= 15 is 0 Å². The van der Waals surface area contributed by atoms with Crippen LogP contribution in [0.3, 0.4) is 0 Å². The number of rotatable bonds is 8. The number of ether oxygens (including phenoxy) is 1. The average Bonchev–Trinajstić information content (AvgIpc) is 3.37. The highest BCUT2D eigenvalue weighted by Gasteiger charge is 2.27. The summed E-state index contributed by atoms with van der Waals surface area (Å²) in [6.07, 6.45) is 0.503. The molecule has 0 unspecified atom stereocenters. The number of halogens is 1. The number of anilines is 1. The summed E-state index contributed by atoms with van der Waals surface area (Å²) < 4.78 is 14.5. The standard InChI is InChI=1S/C26H28ClN5O4/c1-16-23(25(34)32(31(16)4)18-9-7-6-8-10-18)28-21(33)14-26(2,3)15-22-29-30-24(36-22)19-13-17(27)11-12-20(19)35-5/h6-13H,14-15H2,1-5H3,(H,28,33). The van der Waals surface area contributed by atoms with Crippen LogP contribution in [0.2, 0.25) is 5.02 Å². The van der Waals surface area contributed by atoms with Gasteiger partial charge in [-0.25, -0.2) is 4.68 Å². The summed E-state index contributed by atoms with van der Waals surface area (Å²) in [5.74, 6) is 0.952. The summed E-state index contributed by atoms with van der Waals surface area (Å²) in [6.45, 7) is 5.65. The highest BCUT2D eigenvalue weighted by atomic mass is 35.5. The van der Waals surface area contributed by atoms with E-state index in [9.17, 15) is 9.59 Å². The van der Waals surface area contributed by atoms with Crippen molar-refractivity contribution in [3.05, 3.63) is 75.5 Å². The Kier molecular flexibility index (Phi) is 7.03. The van der Waals surface area contributed by atoms with Crippen molar-refractivity contribution in [3.63, 3.8) is 0 Å². The number of nitrogens with zero attached hydrogens (tertiary/aromatic N) is 4. The number of methoxy groups -OCH3 is 1. The summed E-state index contributed by atoms with van der Waals surface area (Å²) in [6, 6.07) is 14.4. The Morgan fingerprint density at radius 1 is 1.17 bits per heavy atom. The topological polar surface area (TPSA) is 104 Å². The fourth-order valence-corrected chi connectivity index (χ4v) is 4.26. The Balaban J connectivity index is 1.48. The minimum atomic E-state index is -0.520. The maximum atomic E-state index is 13.1. The van der Waals surface area contributed by atoms with E-state index in [-0.39, 0.29) is 29.5 Å². The summed E-state index contributed by atoms with van der Waals surface area (Å²) in [5, 5.41) is 11.6. The van der Waals surface area contributed by atoms with Crippen molar-refractivity contribution < 1.29 is 13.9 Å². The molecule has 0 atom stereocenters. The van der Waals surface area contributed by atoms with Gasteiger partial charge in [0.05, 0.1) is 24.1 Å². The number of nitrogens with one attached hydrogen (secondary N) is 1. The quantitative estimate of drug-likeness (QED) is 0.366. The van der Waals surface area contributed by atoms with Crippen molar-refractivity contribution in [3.8, 4) is 22.9 Å². The van der Waals surface area contributed by atoms with Gasteiger partial charge < -0.3 is 14.5 Å². The molecule has 0 bridgehead atoms. The lowest BCUT2D eigenvalue weighted by Crippen LogP contribution is -2.27. The molecular formula is C26H28ClN5O4. The van der Waals surface area contributed by atoms with E-state index in [4.69, 9.17) is 20.8 Å². The Hall–Kier alpha value is -3.85. The first-order valence-electron chi connectivity index (χ1n) is 11.4. The molecule has 0 aliphatic heterocycles. The first-order valence-corrected chi connectivity index (χ1v) is 11.8. The molecule has 2 heterocycles. The average molecular weight is 510 g/mol. The predicted molar refractivity (Wildman–Crippen MR) is 138 cm³/mol. The zero-order chi connectivity index (χ0) is 26.0. The third-order valence-electron chi connectivity index (χ3n) is 5.95. The van der Waals surface area contributed by atoms with Gasteiger partial charge in [0, 0.05) is 24.9 Å². The van der Waals surface area contributed by atoms with Crippen LogP contribution in [0.1, 0.15) is 31.9 Å². The summed E-state index contributed by atoms with van der Waals surface area (Å²) in [4.78, 5) is 26.1. The van der Waals surface area contributed by atoms with E-state index in [0.29, 0.717) is 34.3 Å². The molecule has 4 aromatic rings. The highest BCUT2D eigenvalue weighted by molar-refractivity contribution is 6.30. The first-order chi connectivity index (χ1) is 17.1. The van der Waals surface area contributed by atoms with Crippen molar-refractivity contribution >= 4 is 23.2 Å². The molecule has 0 saturated heterocycles. The molecular weight excluding hydrogens is 482 g/mol. The monoisotopic (exact) mass is 509 g/mol. The van der Waals surface area contributed by atoms with Crippen LogP contribution in [0, 0.1) is 12.3 Å². The molecule has 188 valence electrons. The largest absolute Gasteiger partial charge is 0.496 e. The molecule has 0 aliphatic carbocycles. The van der Waals surface area contributed by atoms with E-state index in [1.807, 2.05) is 44.2 Å². The SMILES string of the molecule is COc1ccc(Cl)cc1-c1nnc(CC(C)(C)CC(=O)Nc2c(C)n(C)n(-c3ccccc3)c2=O)o1. The number of amides is 1. The predicted octanol–water partition coefficient (Wildman–Crippen LogP) is 4.79. The Bertz CT molecular complexity index is 1450. The van der Waals surface area contributed by atoms with Crippen LogP contribution in [-0.2, 0) is 18.3 Å². The van der Waals surface area contributed by atoms with Gasteiger partial charge in [-0.3, -0.25) is 14.3 Å². The molecule has 0 fully saturated rings. The fraction of sp³-hybridized carbons (Fsp3) is 0.308. The zero-order valence-corrected chi connectivity index (χ0v) is 21.6. The van der Waals surface area contributed by atoms with E-state index in [0.717, 1.165) is 5.69 Å². The van der Waals surface area contributed by atoms with Crippen molar-refractivity contribution in [2.45, 2.75) is 33.6 Å². The van der Waals surface area contributed by atoms with Crippen LogP contribution < -0.4 is 15.6 Å². The fourth-order valence-electron chi connectivity index (χ4n) is 4.08. The second-order valence-electron chi connectivity index (χ2n) is 9.35. The third-order valence-corrected chi connectivity index (χ3v) is 6.18. The molecule has 1 amide bonds. The molecule has 2 aromatic heterocycles. The number of carbonyl (C=O) groups is 1. The van der Waals surface area contributed by atoms with Gasteiger partial charge in [-0.2, -0.15) is 0 Å². The van der Waals surface area contributed by atoms with Gasteiger partial charge in [0.25, 0.3) is 11.4 Å². The molecule has 36 heavy (non-hydrogen) atoms. The summed E-state index contributed by atoms with van der Waals surface area (Å²) in [5.41, 5.74) is 1.42. The second kappa shape index (κ2) is 10.0. The van der Waals surface area contributed by atoms with Gasteiger partial charge in [0.1, 0.15) is 11.4 Å². The van der Waals surface area contributed by atoms with Gasteiger partial charge in [-0.1, -0.05) is 43.6 Å². The van der Waals surface area contributed by atoms with Crippen LogP contribution in [0.25, 0.3) is 17.1 Å². The Morgan fingerprint density at radius 3 is 2.58 bits per heavy atom. The highest BCUT2D eigenvalue weighted by Crippen LogP contribution is 2.33. The lowest BCUT2D eigenvalue weighted by molar-refractivity contribution is -0.118. The first kappa shape index (κ1) is 25.2. The van der Waals surface area contributed by atoms with Gasteiger partial charge in [0.2, 0.25) is 11.8 Å². The molecule has 2 aromatic carbocycles. The number of hydrogen-bond acceptors (Lipinski definition) is 6. The lowest BCUT2D eigenvalue weighted by atomic mass is 9.85. The van der Waals surface area contributed by atoms with Crippen LogP contribution >= 0.6 is 11.6 Å². The van der Waals surface area contributed by atoms with Gasteiger partial charge >= 0.3 is 0 Å². The van der Waals surface area contributed by atoms with E-state index in [1.54, 1.807) is 44.0 Å². The smallest absolute Gasteiger partial charge is 0.295 e. The summed E-state index contributed by atoms with van der Waals surface area (Å²) >= 11 is 6.11. The molecule has 0 spiro atoms. The second-order valence-corrected chi connectivity index (χ2v) is 9.78. The van der Waals surface area contributed by atoms with Crippen molar-refractivity contribution in [1.29, 1.82) is 0 Å². The Morgan fingerprint density at radius 2 is 1.89 bits per heavy atom. The van der Waals surface area contributed by atoms with Crippen LogP contribution in [0.15, 0.2) is 57.7 Å². The van der Waals surface area contributed by atoms with Crippen molar-refractivity contribution in [1.82, 2.24) is 19.6 Å². The molecule has 1 N–H and O–H groups in total. The third kappa shape index (κ3) is 5.21. The number of benzene rings is 2. The van der Waals surface area contributed by atoms with Crippen LogP contribution in [0.5, 0.6) is 5.75 Å². The Labute approximate surface area is 213 Å². The molecule has 4 rings (SSSR count). The maximum absolute atomic E-state index is 13.1. The van der Waals surface area contributed by atoms with E-state index < -0.39 is 5.41 Å². The molecule has 0 radical (unpaired) electrons. The van der Waals surface area contributed by atoms with Crippen LogP contribution in [-0.4, -0.2) is 32.6 Å². The number of carbonyl (C=O) groups excluding carboxylic acids is 1. The zero-order valence-electron chi connectivity index (χ0n) is 20.8. The molecule has 10 heteroatoms. The van der Waals surface area contributed by atoms with E-state index in [1.165, 1.54) is 4.68 Å². The van der Waals surface area contributed by atoms with E-state index in [2.05, 4.69) is 15.5 Å². The van der Waals surface area contributed by atoms with Crippen molar-refractivity contribution in [2.24, 2.45) is 12.5 Å². The summed E-state index contributed by atoms with van der Waals surface area (Å²) in [7, 11) is 3.33. The maximum Gasteiger partial charge on any atom is 0.295 e. The lowest BCUT2D eigenvalue weighted by Gasteiger charge is -2.21. The van der Waals surface area contributed by atoms with Gasteiger partial charge in [-0.15, -0.1) is 10.2 Å². The number of hydrogen-bond donors (Lipinski definition) is 1.